The number of hydrogen-bond donors (Lipinski definition) is 3. The van der Waals surface area contributed by atoms with Crippen molar-refractivity contribution in [3.8, 4) is 17.2 Å². The van der Waals surface area contributed by atoms with Crippen LogP contribution < -0.4 is 43.1 Å². The molecule has 18 rings (SSSR count). The molecule has 6 heterocycles. The predicted octanol–water partition coefficient (Wildman–Crippen LogP) is 18.0. The van der Waals surface area contributed by atoms with Gasteiger partial charge in [0.05, 0.1) is 160 Å². The van der Waals surface area contributed by atoms with Gasteiger partial charge in [-0.1, -0.05) is 110 Å². The minimum absolute atomic E-state index is 0.0270. The normalized spacial score (nSPS) is 31.6. The topological polar surface area (TPSA) is 276 Å². The van der Waals surface area contributed by atoms with Crippen LogP contribution in [0.3, 0.4) is 0 Å². The van der Waals surface area contributed by atoms with Crippen LogP contribution in [0.4, 0.5) is 17.1 Å². The van der Waals surface area contributed by atoms with Crippen molar-refractivity contribution in [2.75, 3.05) is 180 Å². The Labute approximate surface area is 863 Å². The van der Waals surface area contributed by atoms with Crippen molar-refractivity contribution in [2.45, 2.75) is 195 Å². The molecule has 2 unspecified atom stereocenters. The number of aryl methyl sites for hydroxylation is 3. The quantitative estimate of drug-likeness (QED) is 0.0343. The van der Waals surface area contributed by atoms with Gasteiger partial charge < -0.3 is 71.5 Å². The van der Waals surface area contributed by atoms with Crippen LogP contribution >= 0.6 is 34.8 Å². The Morgan fingerprint density at radius 1 is 0.399 bits per heavy atom. The molecule has 19 atom stereocenters. The van der Waals surface area contributed by atoms with E-state index in [-0.39, 0.29) is 80.4 Å². The SMILES string of the molecule is C=S1(=O)NC(=O)c2ccc3c(c2)N(C[C@@H]2CC[C@H]2[C@@H](OCCOCCOC)/C=C/C[C@H](C)[C@H]1C)C[C@@]1(CCCc2cc(Cl)ccc21)CO3.C=S1(=O)NC(=O)c2ccc3c(c2)N(C[C@@H]2CC[C@H]2[C@@H](OCCOCCOCCOC)/C=C/C[C@H](C)[C@H]1C)C[C@@]1(CCCc2cc(Cl)ccc21)CO3.COCCO[C@H]1/C=C/C[C@H](C)CS(=O)(=O)NC(=O)c2ccc3c(c2)N(C[C@@H]2CC[C@H]21)C[C@@]1(CCCc2cc(Cl)ccc21)CO3. The number of halogens is 3. The molecule has 3 amide bonds. The Kier molecular flexibility index (Phi) is 36.8. The number of sulfonamides is 1. The lowest BCUT2D eigenvalue weighted by Gasteiger charge is -2.46. The molecule has 6 aliphatic heterocycles. The fourth-order valence-corrected chi connectivity index (χ4v) is 28.5. The predicted molar refractivity (Wildman–Crippen MR) is 571 cm³/mol. The molecule has 0 radical (unpaired) electrons. The number of carbonyl (C=O) groups excluding carboxylic acids is 3. The lowest BCUT2D eigenvalue weighted by atomic mass is 9.68. The number of amides is 3. The zero-order valence-electron chi connectivity index (χ0n) is 84.6. The third kappa shape index (κ3) is 26.2. The first kappa shape index (κ1) is 108. The number of rotatable bonds is 21. The Morgan fingerprint density at radius 2 is 0.713 bits per heavy atom. The molecule has 0 aromatic heterocycles. The molecule has 0 saturated heterocycles. The molecular weight excluding hydrogens is 1940 g/mol. The summed E-state index contributed by atoms with van der Waals surface area (Å²) in [5.74, 6) is 10.8. The highest BCUT2D eigenvalue weighted by Crippen LogP contribution is 2.53. The van der Waals surface area contributed by atoms with Crippen LogP contribution in [-0.4, -0.2) is 241 Å². The van der Waals surface area contributed by atoms with Crippen LogP contribution in [0.15, 0.2) is 146 Å². The van der Waals surface area contributed by atoms with Crippen LogP contribution in [0.5, 0.6) is 17.2 Å². The monoisotopic (exact) mass is 2080 g/mol. The molecule has 6 aromatic carbocycles. The number of benzene rings is 6. The van der Waals surface area contributed by atoms with Gasteiger partial charge in [0, 0.05) is 119 Å². The number of methoxy groups -OCH3 is 3. The number of hydrogen-bond acceptors (Lipinski definition) is 22. The van der Waals surface area contributed by atoms with Crippen LogP contribution in [0, 0.1) is 53.3 Å². The lowest BCUT2D eigenvalue weighted by molar-refractivity contribution is -0.0442. The number of ether oxygens (including phenoxy) is 12. The third-order valence-corrected chi connectivity index (χ3v) is 39.1. The summed E-state index contributed by atoms with van der Waals surface area (Å²) < 4.78 is 133. The van der Waals surface area contributed by atoms with E-state index in [2.05, 4.69) is 121 Å². The maximum absolute atomic E-state index is 13.9. The maximum atomic E-state index is 13.9. The summed E-state index contributed by atoms with van der Waals surface area (Å²) in [7, 11) is -4.71. The van der Waals surface area contributed by atoms with E-state index < -0.39 is 35.3 Å². The summed E-state index contributed by atoms with van der Waals surface area (Å²) in [6.07, 6.45) is 30.2. The molecule has 780 valence electrons. The van der Waals surface area contributed by atoms with E-state index in [1.54, 1.807) is 45.6 Å². The second-order valence-electron chi connectivity index (χ2n) is 42.2. The molecule has 6 aromatic rings. The molecule has 3 spiro atoms. The van der Waals surface area contributed by atoms with Gasteiger partial charge in [-0.25, -0.2) is 21.6 Å². The van der Waals surface area contributed by atoms with Gasteiger partial charge in [0.1, 0.15) is 17.2 Å². The molecule has 31 heteroatoms. The fourth-order valence-electron chi connectivity index (χ4n) is 23.5. The first-order valence-electron chi connectivity index (χ1n) is 51.7. The first-order chi connectivity index (χ1) is 68.9. The summed E-state index contributed by atoms with van der Waals surface area (Å²) >= 11 is 19.4. The van der Waals surface area contributed by atoms with Crippen molar-refractivity contribution in [3.63, 3.8) is 0 Å². The molecular formula is C112H149Cl3N6O19S3. The van der Waals surface area contributed by atoms with Gasteiger partial charge in [-0.05, 0) is 319 Å². The number of anilines is 3. The molecule has 3 N–H and O–H groups in total. The minimum atomic E-state index is -3.83. The van der Waals surface area contributed by atoms with E-state index in [1.807, 2.05) is 75.4 Å². The average molecular weight is 2090 g/mol. The van der Waals surface area contributed by atoms with Gasteiger partial charge in [0.15, 0.2) is 0 Å². The van der Waals surface area contributed by atoms with Crippen molar-refractivity contribution >= 4 is 111 Å². The number of carbonyl (C=O) groups is 3. The standard InChI is InChI=1S/C40H55ClN2O7S.C38H51ClN2O6S.C34H43ClN2O6S/c1-28-7-5-9-37(49-22-21-48-20-19-47-18-17-46-3)34-13-10-32(34)25-43-26-40(16-6-8-30-23-33(41)12-14-35(30)40)27-50-38-15-11-31(24-36(38)43)39(44)42-51(4,45)29(28)2;1-26-7-5-9-35(46-20-19-45-18-17-44-3)32-13-10-30(32)23-41-24-38(16-6-8-28-21-31(39)12-14-33(28)38)25-47-36-15-11-29(22-34(36)41)37(42)40-48(4,43)27(26)2;1-23-5-3-7-31(42-16-15-41-2)28-11-8-26(28)19-37-21-34(14-4-6-24-17-27(35)10-12-29(24)34)22-43-32-13-9-25(18-30(32)37)33(38)36-44(39,40)20-23/h5,9,11-12,14-15,23-24,28-29,32,34,37H,4,6-8,10,13,16-22,25-27H2,1-3H3,(H,42,44,45);5,9,11-12,14-15,21-22,26-27,30,32,35H,4,6-8,10,13,16-20,23-25H2,1-3H3,(H,40,42,43);3,7,9-10,12-13,17-18,23,26,28,31H,4-6,8,11,14-16,19-22H2,1-2H3,(H,36,38)/b2*9-5+;7-3+/t28-,29+,32-,34+,37-,40-,51?;26-,27+,30-,32+,35-,38-,48?;23-,26-,28+,31-,34-/m000/s1. The summed E-state index contributed by atoms with van der Waals surface area (Å²) in [5, 5.41) is 1.59. The molecule has 6 bridgehead atoms. The lowest BCUT2D eigenvalue weighted by Crippen LogP contribution is -2.49. The zero-order chi connectivity index (χ0) is 101. The first-order valence-corrected chi connectivity index (χ1v) is 58.1. The highest BCUT2D eigenvalue weighted by atomic mass is 35.5. The van der Waals surface area contributed by atoms with E-state index in [9.17, 15) is 31.2 Å². The Morgan fingerprint density at radius 3 is 1.05 bits per heavy atom. The van der Waals surface area contributed by atoms with Crippen molar-refractivity contribution < 1.29 is 88.1 Å². The number of allylic oxidation sites excluding steroid dienone is 3. The number of nitrogens with zero attached hydrogens (tertiary/aromatic N) is 3. The summed E-state index contributed by atoms with van der Waals surface area (Å²) in [6, 6.07) is 35.3. The van der Waals surface area contributed by atoms with Crippen LogP contribution in [0.1, 0.15) is 195 Å². The van der Waals surface area contributed by atoms with E-state index in [0.29, 0.717) is 176 Å². The maximum Gasteiger partial charge on any atom is 0.264 e. The van der Waals surface area contributed by atoms with E-state index in [1.165, 1.54) is 33.4 Å². The summed E-state index contributed by atoms with van der Waals surface area (Å²) in [6.45, 7) is 22.3. The Hall–Kier alpha value is -7.75. The van der Waals surface area contributed by atoms with Gasteiger partial charge in [0.2, 0.25) is 10.0 Å². The highest BCUT2D eigenvalue weighted by Gasteiger charge is 2.50. The molecule has 12 aliphatic rings. The second kappa shape index (κ2) is 48.7. The van der Waals surface area contributed by atoms with Crippen molar-refractivity contribution in [1.29, 1.82) is 0 Å². The Balaban J connectivity index is 0.000000154. The molecule has 143 heavy (non-hydrogen) atoms. The molecule has 3 fully saturated rings. The summed E-state index contributed by atoms with van der Waals surface area (Å²) in [5.41, 5.74) is 10.9. The van der Waals surface area contributed by atoms with Crippen LogP contribution in [-0.2, 0) is 108 Å². The van der Waals surface area contributed by atoms with Crippen LogP contribution in [0.25, 0.3) is 0 Å². The third-order valence-electron chi connectivity index (χ3n) is 32.5. The molecule has 3 saturated carbocycles. The molecule has 25 nitrogen and oxygen atoms in total. The largest absolute Gasteiger partial charge is 0.490 e. The van der Waals surface area contributed by atoms with Gasteiger partial charge in [-0.15, -0.1) is 0 Å². The van der Waals surface area contributed by atoms with E-state index >= 15 is 0 Å². The van der Waals surface area contributed by atoms with E-state index in [0.717, 1.165) is 179 Å². The fraction of sp³-hybridized carbons (Fsp3) is 0.580. The van der Waals surface area contributed by atoms with Gasteiger partial charge in [-0.2, -0.15) is 0 Å². The highest BCUT2D eigenvalue weighted by molar-refractivity contribution is 7.99. The minimum Gasteiger partial charge on any atom is -0.490 e. The summed E-state index contributed by atoms with van der Waals surface area (Å²) in [4.78, 5) is 47.9. The van der Waals surface area contributed by atoms with Crippen molar-refractivity contribution in [3.05, 3.63) is 211 Å². The van der Waals surface area contributed by atoms with Gasteiger partial charge >= 0.3 is 0 Å². The smallest absolute Gasteiger partial charge is 0.264 e. The Bertz CT molecular complexity index is 5870. The van der Waals surface area contributed by atoms with Gasteiger partial charge in [0.25, 0.3) is 17.7 Å². The van der Waals surface area contributed by atoms with E-state index in [4.69, 9.17) is 91.6 Å². The average Bonchev–Trinajstić information content (AvgIpc) is 1.51. The molecule has 6 aliphatic carbocycles. The number of fused-ring (bicyclic) bond motifs is 12. The van der Waals surface area contributed by atoms with Crippen molar-refractivity contribution in [1.82, 2.24) is 14.2 Å². The van der Waals surface area contributed by atoms with Gasteiger partial charge in [-0.3, -0.25) is 23.8 Å². The van der Waals surface area contributed by atoms with Crippen molar-refractivity contribution in [2.24, 2.45) is 53.3 Å². The number of nitrogens with one attached hydrogen (secondary N) is 3. The second-order valence-corrected chi connectivity index (χ2v) is 50.1. The van der Waals surface area contributed by atoms with Crippen LogP contribution in [0.2, 0.25) is 15.1 Å². The zero-order valence-corrected chi connectivity index (χ0v) is 89.3.